The second kappa shape index (κ2) is 21.2. The molecule has 0 spiro atoms. The fourth-order valence-electron chi connectivity index (χ4n) is 6.85. The zero-order chi connectivity index (χ0) is 38.1. The highest BCUT2D eigenvalue weighted by Gasteiger charge is 2.10. The molecule has 282 valence electrons. The summed E-state index contributed by atoms with van der Waals surface area (Å²) in [6, 6.07) is 39.4. The van der Waals surface area contributed by atoms with Gasteiger partial charge in [-0.3, -0.25) is 0 Å². The molecule has 0 aliphatic rings. The van der Waals surface area contributed by atoms with E-state index >= 15 is 0 Å². The Morgan fingerprint density at radius 2 is 0.926 bits per heavy atom. The molecule has 0 fully saturated rings. The molecule has 0 heterocycles. The Labute approximate surface area is 327 Å². The van der Waals surface area contributed by atoms with Crippen molar-refractivity contribution < 1.29 is 9.47 Å². The summed E-state index contributed by atoms with van der Waals surface area (Å²) >= 11 is 0. The first kappa shape index (κ1) is 40.4. The summed E-state index contributed by atoms with van der Waals surface area (Å²) in [5.74, 6) is 3.13. The highest BCUT2D eigenvalue weighted by atomic mass is 16.5. The summed E-state index contributed by atoms with van der Waals surface area (Å²) in [5.41, 5.74) is 12.1. The van der Waals surface area contributed by atoms with Crippen molar-refractivity contribution in [2.45, 2.75) is 92.9 Å². The topological polar surface area (TPSA) is 18.5 Å². The van der Waals surface area contributed by atoms with Crippen LogP contribution in [0, 0.1) is 25.7 Å². The average Bonchev–Trinajstić information content (AvgIpc) is 3.21. The Hall–Kier alpha value is -4.82. The van der Waals surface area contributed by atoms with Crippen LogP contribution >= 0.6 is 0 Å². The van der Waals surface area contributed by atoms with Crippen LogP contribution < -0.4 is 9.47 Å². The van der Waals surface area contributed by atoms with Crippen LogP contribution in [0.4, 0.5) is 0 Å². The van der Waals surface area contributed by atoms with Crippen LogP contribution in [0.25, 0.3) is 46.6 Å². The molecule has 0 saturated carbocycles. The third-order valence-electron chi connectivity index (χ3n) is 10.7. The Morgan fingerprint density at radius 3 is 1.39 bits per heavy atom. The minimum Gasteiger partial charge on any atom is -0.493 e. The number of hydrogen-bond acceptors (Lipinski definition) is 2. The van der Waals surface area contributed by atoms with Crippen molar-refractivity contribution in [1.82, 2.24) is 0 Å². The molecule has 0 N–H and O–H groups in total. The van der Waals surface area contributed by atoms with E-state index in [1.165, 1.54) is 83.0 Å². The Kier molecular flexibility index (Phi) is 15.8. The van der Waals surface area contributed by atoms with Crippen LogP contribution in [0.15, 0.2) is 109 Å². The van der Waals surface area contributed by atoms with Crippen molar-refractivity contribution in [3.8, 4) is 33.8 Å². The van der Waals surface area contributed by atoms with Crippen molar-refractivity contribution in [2.24, 2.45) is 11.8 Å². The molecule has 54 heavy (non-hydrogen) atoms. The summed E-state index contributed by atoms with van der Waals surface area (Å²) < 4.78 is 12.4. The van der Waals surface area contributed by atoms with E-state index in [1.807, 2.05) is 0 Å². The van der Waals surface area contributed by atoms with Crippen molar-refractivity contribution >= 4 is 24.3 Å². The molecular formula is C52H62O2. The average molecular weight is 719 g/mol. The SMILES string of the molecule is CCCCC(CC)COc1ccc(C=Cc2cc(-c3ccc(-c4ccc(C)cc4)cc3)c(/C=C/c3ccc(OCC(CC)CCCC)cc3)cc2C)cc1. The molecule has 0 aromatic heterocycles. The van der Waals surface area contributed by atoms with Gasteiger partial charge in [0.05, 0.1) is 13.2 Å². The van der Waals surface area contributed by atoms with E-state index in [2.05, 4.69) is 175 Å². The molecule has 2 atom stereocenters. The summed E-state index contributed by atoms with van der Waals surface area (Å²) in [7, 11) is 0. The molecule has 0 radical (unpaired) electrons. The van der Waals surface area contributed by atoms with Gasteiger partial charge in [-0.25, -0.2) is 0 Å². The van der Waals surface area contributed by atoms with E-state index in [0.29, 0.717) is 11.8 Å². The largest absolute Gasteiger partial charge is 0.493 e. The molecule has 0 aliphatic heterocycles. The molecule has 5 aromatic carbocycles. The molecule has 5 rings (SSSR count). The Morgan fingerprint density at radius 1 is 0.481 bits per heavy atom. The van der Waals surface area contributed by atoms with E-state index in [-0.39, 0.29) is 0 Å². The van der Waals surface area contributed by atoms with Crippen LogP contribution in [0.2, 0.25) is 0 Å². The number of ether oxygens (including phenoxy) is 2. The number of hydrogen-bond donors (Lipinski definition) is 0. The van der Waals surface area contributed by atoms with Gasteiger partial charge in [0.25, 0.3) is 0 Å². The minimum atomic E-state index is 0.619. The quantitative estimate of drug-likeness (QED) is 0.0746. The summed E-state index contributed by atoms with van der Waals surface area (Å²) in [5, 5.41) is 0. The smallest absolute Gasteiger partial charge is 0.119 e. The van der Waals surface area contributed by atoms with Gasteiger partial charge in [0.2, 0.25) is 0 Å². The number of aryl methyl sites for hydroxylation is 2. The molecule has 0 amide bonds. The lowest BCUT2D eigenvalue weighted by Gasteiger charge is -2.15. The fraction of sp³-hybridized carbons (Fsp3) is 0.346. The number of rotatable bonds is 20. The second-order valence-electron chi connectivity index (χ2n) is 15.0. The van der Waals surface area contributed by atoms with Gasteiger partial charge in [0.1, 0.15) is 11.5 Å². The predicted molar refractivity (Wildman–Crippen MR) is 235 cm³/mol. The second-order valence-corrected chi connectivity index (χ2v) is 15.0. The molecule has 5 aromatic rings. The normalized spacial score (nSPS) is 12.7. The first-order chi connectivity index (χ1) is 26.4. The number of benzene rings is 5. The lowest BCUT2D eigenvalue weighted by atomic mass is 9.92. The van der Waals surface area contributed by atoms with Crippen molar-refractivity contribution in [2.75, 3.05) is 13.2 Å². The highest BCUT2D eigenvalue weighted by molar-refractivity contribution is 5.85. The Bertz CT molecular complexity index is 1890. The van der Waals surface area contributed by atoms with Gasteiger partial charge in [-0.1, -0.05) is 175 Å². The third kappa shape index (κ3) is 12.1. The zero-order valence-corrected chi connectivity index (χ0v) is 33.7. The van der Waals surface area contributed by atoms with Crippen LogP contribution in [-0.2, 0) is 0 Å². The standard InChI is InChI=1S/C52H62O2/c1-7-11-13-41(9-3)37-53-50-31-19-43(20-32-50)17-25-48-36-52(47-29-27-46(28-30-47)45-23-15-39(5)16-24-45)49(35-40(48)6)26-18-44-21-33-51(34-22-44)54-38-42(10-4)14-12-8-2/h15-36,41-42H,7-14,37-38H2,1-6H3/b25-17?,26-18+. The molecule has 2 nitrogen and oxygen atoms in total. The number of unbranched alkanes of at least 4 members (excludes halogenated alkanes) is 2. The Balaban J connectivity index is 1.36. The maximum Gasteiger partial charge on any atom is 0.119 e. The fourth-order valence-corrected chi connectivity index (χ4v) is 6.85. The van der Waals surface area contributed by atoms with Crippen molar-refractivity contribution in [1.29, 1.82) is 0 Å². The van der Waals surface area contributed by atoms with E-state index in [9.17, 15) is 0 Å². The van der Waals surface area contributed by atoms with Gasteiger partial charge < -0.3 is 9.47 Å². The van der Waals surface area contributed by atoms with Gasteiger partial charge >= 0.3 is 0 Å². The van der Waals surface area contributed by atoms with Crippen molar-refractivity contribution in [3.63, 3.8) is 0 Å². The van der Waals surface area contributed by atoms with Gasteiger partial charge in [-0.15, -0.1) is 0 Å². The van der Waals surface area contributed by atoms with Gasteiger partial charge in [-0.05, 0) is 119 Å². The monoisotopic (exact) mass is 718 g/mol. The first-order valence-corrected chi connectivity index (χ1v) is 20.5. The van der Waals surface area contributed by atoms with Crippen LogP contribution in [0.5, 0.6) is 11.5 Å². The van der Waals surface area contributed by atoms with Crippen LogP contribution in [0.1, 0.15) is 112 Å². The summed E-state index contributed by atoms with van der Waals surface area (Å²) in [4.78, 5) is 0. The van der Waals surface area contributed by atoms with Crippen LogP contribution in [0.3, 0.4) is 0 Å². The van der Waals surface area contributed by atoms with Gasteiger partial charge in [-0.2, -0.15) is 0 Å². The molecule has 0 bridgehead atoms. The van der Waals surface area contributed by atoms with Gasteiger partial charge in [0.15, 0.2) is 0 Å². The minimum absolute atomic E-state index is 0.619. The van der Waals surface area contributed by atoms with E-state index in [4.69, 9.17) is 9.47 Å². The summed E-state index contributed by atoms with van der Waals surface area (Å²) in [6.45, 7) is 15.0. The zero-order valence-electron chi connectivity index (χ0n) is 33.7. The molecular weight excluding hydrogens is 657 g/mol. The van der Waals surface area contributed by atoms with E-state index < -0.39 is 0 Å². The maximum atomic E-state index is 6.19. The third-order valence-corrected chi connectivity index (χ3v) is 10.7. The maximum absolute atomic E-state index is 6.19. The molecule has 0 aliphatic carbocycles. The van der Waals surface area contributed by atoms with Crippen molar-refractivity contribution in [3.05, 3.63) is 143 Å². The van der Waals surface area contributed by atoms with E-state index in [0.717, 1.165) is 48.7 Å². The summed E-state index contributed by atoms with van der Waals surface area (Å²) in [6.07, 6.45) is 18.7. The lowest BCUT2D eigenvalue weighted by Crippen LogP contribution is -2.11. The van der Waals surface area contributed by atoms with E-state index in [1.54, 1.807) is 0 Å². The lowest BCUT2D eigenvalue weighted by molar-refractivity contribution is 0.233. The predicted octanol–water partition coefficient (Wildman–Crippen LogP) is 15.2. The highest BCUT2D eigenvalue weighted by Crippen LogP contribution is 2.32. The van der Waals surface area contributed by atoms with Gasteiger partial charge in [0, 0.05) is 0 Å². The van der Waals surface area contributed by atoms with Crippen LogP contribution in [-0.4, -0.2) is 13.2 Å². The molecule has 2 unspecified atom stereocenters. The molecule has 0 saturated heterocycles. The first-order valence-electron chi connectivity index (χ1n) is 20.5. The molecule has 2 heteroatoms.